The molecule has 19 heavy (non-hydrogen) atoms. The Kier molecular flexibility index (Phi) is 5.68. The molecule has 1 aliphatic carbocycles. The topological polar surface area (TPSA) is 41.1 Å². The lowest BCUT2D eigenvalue weighted by Crippen LogP contribution is -2.36. The summed E-state index contributed by atoms with van der Waals surface area (Å²) in [6.07, 6.45) is 10.8. The van der Waals surface area contributed by atoms with E-state index in [-0.39, 0.29) is 5.91 Å². The van der Waals surface area contributed by atoms with Crippen LogP contribution in [0, 0.1) is 11.3 Å². The van der Waals surface area contributed by atoms with Crippen molar-refractivity contribution < 1.29 is 4.79 Å². The number of rotatable bonds is 6. The van der Waals surface area contributed by atoms with Gasteiger partial charge < -0.3 is 10.6 Å². The van der Waals surface area contributed by atoms with Gasteiger partial charge in [-0.15, -0.1) is 0 Å². The van der Waals surface area contributed by atoms with Gasteiger partial charge in [-0.25, -0.2) is 0 Å². The Hall–Kier alpha value is -0.570. The van der Waals surface area contributed by atoms with Crippen LogP contribution in [0.1, 0.15) is 64.7 Å². The molecular weight excluding hydrogens is 236 g/mol. The molecule has 0 bridgehead atoms. The minimum absolute atomic E-state index is 0.269. The highest BCUT2D eigenvalue weighted by Gasteiger charge is 2.32. The fraction of sp³-hybridized carbons (Fsp3) is 0.938. The molecule has 1 amide bonds. The summed E-state index contributed by atoms with van der Waals surface area (Å²) in [5.74, 6) is 0.983. The minimum Gasteiger partial charge on any atom is -0.356 e. The molecule has 1 heterocycles. The molecule has 0 radical (unpaired) electrons. The smallest absolute Gasteiger partial charge is 0.220 e. The van der Waals surface area contributed by atoms with Gasteiger partial charge in [0.05, 0.1) is 0 Å². The third-order valence-electron chi connectivity index (χ3n) is 5.25. The summed E-state index contributed by atoms with van der Waals surface area (Å²) >= 11 is 0. The zero-order valence-electron chi connectivity index (χ0n) is 12.5. The van der Waals surface area contributed by atoms with Crippen molar-refractivity contribution in [3.05, 3.63) is 0 Å². The Morgan fingerprint density at radius 3 is 2.74 bits per heavy atom. The van der Waals surface area contributed by atoms with Crippen LogP contribution in [0.25, 0.3) is 0 Å². The predicted octanol–water partition coefficient (Wildman–Crippen LogP) is 2.85. The Labute approximate surface area is 117 Å². The lowest BCUT2D eigenvalue weighted by atomic mass is 9.83. The number of piperidine rings is 1. The van der Waals surface area contributed by atoms with Crippen molar-refractivity contribution in [1.82, 2.24) is 10.6 Å². The zero-order valence-corrected chi connectivity index (χ0v) is 12.5. The van der Waals surface area contributed by atoms with Crippen LogP contribution in [0.5, 0.6) is 0 Å². The maximum Gasteiger partial charge on any atom is 0.220 e. The first kappa shape index (κ1) is 14.8. The van der Waals surface area contributed by atoms with Gasteiger partial charge in [0.25, 0.3) is 0 Å². The molecule has 1 unspecified atom stereocenters. The number of hydrogen-bond acceptors (Lipinski definition) is 2. The number of hydrogen-bond donors (Lipinski definition) is 2. The number of carbonyl (C=O) groups is 1. The maximum absolute atomic E-state index is 12.0. The first-order valence-corrected chi connectivity index (χ1v) is 8.21. The molecule has 2 rings (SSSR count). The van der Waals surface area contributed by atoms with E-state index in [9.17, 15) is 4.79 Å². The Morgan fingerprint density at radius 1 is 1.32 bits per heavy atom. The first-order valence-electron chi connectivity index (χ1n) is 8.21. The normalized spacial score (nSPS) is 26.3. The van der Waals surface area contributed by atoms with Crippen LogP contribution in [-0.2, 0) is 4.79 Å². The maximum atomic E-state index is 12.0. The highest BCUT2D eigenvalue weighted by Crippen LogP contribution is 2.40. The summed E-state index contributed by atoms with van der Waals surface area (Å²) in [4.78, 5) is 12.0. The van der Waals surface area contributed by atoms with Gasteiger partial charge >= 0.3 is 0 Å². The van der Waals surface area contributed by atoms with Crippen molar-refractivity contribution in [2.45, 2.75) is 64.7 Å². The van der Waals surface area contributed by atoms with Gasteiger partial charge in [0.2, 0.25) is 5.91 Å². The van der Waals surface area contributed by atoms with Crippen molar-refractivity contribution in [3.63, 3.8) is 0 Å². The summed E-state index contributed by atoms with van der Waals surface area (Å²) in [7, 11) is 0. The summed E-state index contributed by atoms with van der Waals surface area (Å²) in [6.45, 7) is 5.43. The first-order chi connectivity index (χ1) is 9.24. The molecule has 0 aromatic carbocycles. The Bertz CT molecular complexity index is 278. The highest BCUT2D eigenvalue weighted by molar-refractivity contribution is 5.75. The number of nitrogens with one attached hydrogen (secondary N) is 2. The van der Waals surface area contributed by atoms with Gasteiger partial charge in [-0.1, -0.05) is 19.8 Å². The fourth-order valence-corrected chi connectivity index (χ4v) is 3.66. The predicted molar refractivity (Wildman–Crippen MR) is 79.0 cm³/mol. The van der Waals surface area contributed by atoms with E-state index < -0.39 is 0 Å². The third kappa shape index (κ3) is 4.48. The number of amides is 1. The monoisotopic (exact) mass is 266 g/mol. The molecule has 1 atom stereocenters. The molecule has 1 saturated carbocycles. The van der Waals surface area contributed by atoms with Crippen LogP contribution >= 0.6 is 0 Å². The molecule has 110 valence electrons. The van der Waals surface area contributed by atoms with Crippen LogP contribution in [0.4, 0.5) is 0 Å². The summed E-state index contributed by atoms with van der Waals surface area (Å²) in [6, 6.07) is 0. The van der Waals surface area contributed by atoms with Gasteiger partial charge in [0.1, 0.15) is 0 Å². The van der Waals surface area contributed by atoms with Gasteiger partial charge in [-0.3, -0.25) is 4.79 Å². The molecule has 1 saturated heterocycles. The van der Waals surface area contributed by atoms with Crippen LogP contribution in [-0.4, -0.2) is 25.5 Å². The molecule has 0 spiro atoms. The van der Waals surface area contributed by atoms with Crippen molar-refractivity contribution in [2.24, 2.45) is 11.3 Å². The minimum atomic E-state index is 0.269. The average Bonchev–Trinajstić information content (AvgIpc) is 2.93. The van der Waals surface area contributed by atoms with E-state index in [0.29, 0.717) is 17.8 Å². The van der Waals surface area contributed by atoms with Crippen LogP contribution < -0.4 is 10.6 Å². The van der Waals surface area contributed by atoms with Crippen LogP contribution in [0.2, 0.25) is 0 Å². The zero-order chi connectivity index (χ0) is 13.6. The van der Waals surface area contributed by atoms with E-state index in [1.807, 2.05) is 0 Å². The van der Waals surface area contributed by atoms with Gasteiger partial charge in [-0.05, 0) is 62.9 Å². The molecule has 0 aromatic rings. The van der Waals surface area contributed by atoms with E-state index in [1.165, 1.54) is 44.9 Å². The second-order valence-electron chi connectivity index (χ2n) is 6.59. The van der Waals surface area contributed by atoms with E-state index in [4.69, 9.17) is 0 Å². The summed E-state index contributed by atoms with van der Waals surface area (Å²) in [5, 5.41) is 6.62. The summed E-state index contributed by atoms with van der Waals surface area (Å²) in [5.41, 5.74) is 0.419. The standard InChI is InChI=1S/C16H30N2O/c1-2-16(9-3-4-10-16)13-18-15(19)8-7-14-6-5-11-17-12-14/h14,17H,2-13H2,1H3,(H,18,19). The fourth-order valence-electron chi connectivity index (χ4n) is 3.66. The quantitative estimate of drug-likeness (QED) is 0.776. The van der Waals surface area contributed by atoms with Gasteiger partial charge in [0, 0.05) is 13.0 Å². The SMILES string of the molecule is CCC1(CNC(=O)CCC2CCCNC2)CCCC1. The average molecular weight is 266 g/mol. The summed E-state index contributed by atoms with van der Waals surface area (Å²) < 4.78 is 0. The molecule has 0 aromatic heterocycles. The van der Waals surface area contributed by atoms with Crippen molar-refractivity contribution in [2.75, 3.05) is 19.6 Å². The van der Waals surface area contributed by atoms with E-state index in [0.717, 1.165) is 26.1 Å². The molecule has 3 heteroatoms. The van der Waals surface area contributed by atoms with Crippen molar-refractivity contribution in [3.8, 4) is 0 Å². The highest BCUT2D eigenvalue weighted by atomic mass is 16.1. The second kappa shape index (κ2) is 7.28. The van der Waals surface area contributed by atoms with Gasteiger partial charge in [-0.2, -0.15) is 0 Å². The second-order valence-corrected chi connectivity index (χ2v) is 6.59. The third-order valence-corrected chi connectivity index (χ3v) is 5.25. The lowest BCUT2D eigenvalue weighted by Gasteiger charge is -2.28. The molecular formula is C16H30N2O. The Morgan fingerprint density at radius 2 is 2.11 bits per heavy atom. The molecule has 2 N–H and O–H groups in total. The van der Waals surface area contributed by atoms with Crippen molar-refractivity contribution >= 4 is 5.91 Å². The van der Waals surface area contributed by atoms with Crippen LogP contribution in [0.15, 0.2) is 0 Å². The Balaban J connectivity index is 1.63. The molecule has 2 fully saturated rings. The van der Waals surface area contributed by atoms with E-state index in [1.54, 1.807) is 0 Å². The number of carbonyl (C=O) groups excluding carboxylic acids is 1. The van der Waals surface area contributed by atoms with E-state index >= 15 is 0 Å². The van der Waals surface area contributed by atoms with Gasteiger partial charge in [0.15, 0.2) is 0 Å². The molecule has 2 aliphatic rings. The lowest BCUT2D eigenvalue weighted by molar-refractivity contribution is -0.121. The largest absolute Gasteiger partial charge is 0.356 e. The van der Waals surface area contributed by atoms with E-state index in [2.05, 4.69) is 17.6 Å². The molecule has 3 nitrogen and oxygen atoms in total. The molecule has 1 aliphatic heterocycles. The van der Waals surface area contributed by atoms with Crippen LogP contribution in [0.3, 0.4) is 0 Å². The van der Waals surface area contributed by atoms with Crippen molar-refractivity contribution in [1.29, 1.82) is 0 Å².